The monoisotopic (exact) mass is 336 g/mol. The molecule has 0 aliphatic rings. The Balaban J connectivity index is 1.94. The van der Waals surface area contributed by atoms with Crippen LogP contribution in [0.25, 0.3) is 0 Å². The Morgan fingerprint density at radius 2 is 1.96 bits per heavy atom. The Bertz CT molecular complexity index is 791. The second-order valence-electron chi connectivity index (χ2n) is 4.56. The molecule has 23 heavy (non-hydrogen) atoms. The van der Waals surface area contributed by atoms with Gasteiger partial charge in [-0.2, -0.15) is 0 Å². The summed E-state index contributed by atoms with van der Waals surface area (Å²) in [6.07, 6.45) is 1.55. The molecule has 9 heteroatoms. The number of carbonyl (C=O) groups excluding carboxylic acids is 1. The number of aromatic nitrogens is 1. The first kappa shape index (κ1) is 16.7. The molecule has 4 N–H and O–H groups in total. The summed E-state index contributed by atoms with van der Waals surface area (Å²) >= 11 is 0. The quantitative estimate of drug-likeness (QED) is 0.753. The molecule has 0 aliphatic carbocycles. The molecule has 122 valence electrons. The van der Waals surface area contributed by atoms with Gasteiger partial charge in [0.2, 0.25) is 15.9 Å². The van der Waals surface area contributed by atoms with E-state index >= 15 is 0 Å². The zero-order valence-electron chi connectivity index (χ0n) is 12.3. The van der Waals surface area contributed by atoms with Gasteiger partial charge in [0.25, 0.3) is 0 Å². The molecule has 0 unspecified atom stereocenters. The summed E-state index contributed by atoms with van der Waals surface area (Å²) in [6, 6.07) is 8.81. The number of ether oxygens (including phenoxy) is 1. The maximum atomic E-state index is 11.9. The van der Waals surface area contributed by atoms with Crippen LogP contribution >= 0.6 is 0 Å². The molecule has 1 heterocycles. The number of rotatable bonds is 5. The molecule has 8 nitrogen and oxygen atoms in total. The maximum Gasteiger partial charge on any atom is 0.319 e. The van der Waals surface area contributed by atoms with Crippen molar-refractivity contribution in [3.63, 3.8) is 0 Å². The molecule has 2 aromatic rings. The number of amides is 2. The lowest BCUT2D eigenvalue weighted by Gasteiger charge is -2.10. The van der Waals surface area contributed by atoms with E-state index < -0.39 is 16.1 Å². The van der Waals surface area contributed by atoms with Crippen LogP contribution in [0.2, 0.25) is 0 Å². The molecule has 1 aromatic heterocycles. The highest BCUT2D eigenvalue weighted by Crippen LogP contribution is 2.19. The number of hydrogen-bond donors (Lipinski definition) is 3. The van der Waals surface area contributed by atoms with Crippen molar-refractivity contribution in [3.8, 4) is 5.88 Å². The second-order valence-corrected chi connectivity index (χ2v) is 6.12. The number of carbonyl (C=O) groups is 1. The molecular weight excluding hydrogens is 320 g/mol. The first-order valence-electron chi connectivity index (χ1n) is 6.56. The van der Waals surface area contributed by atoms with Crippen LogP contribution in [-0.4, -0.2) is 26.5 Å². The average Bonchev–Trinajstić information content (AvgIpc) is 2.53. The van der Waals surface area contributed by atoms with Crippen LogP contribution in [0, 0.1) is 0 Å². The molecule has 0 saturated heterocycles. The number of sulfonamides is 1. The van der Waals surface area contributed by atoms with E-state index in [9.17, 15) is 13.2 Å². The number of nitrogens with one attached hydrogen (secondary N) is 2. The van der Waals surface area contributed by atoms with Crippen molar-refractivity contribution in [2.45, 2.75) is 11.4 Å². The molecule has 0 spiro atoms. The van der Waals surface area contributed by atoms with Gasteiger partial charge in [-0.05, 0) is 29.8 Å². The Hall–Kier alpha value is -2.65. The number of nitrogens with two attached hydrogens (primary N) is 1. The third-order valence-corrected chi connectivity index (χ3v) is 3.85. The number of methoxy groups -OCH3 is 1. The zero-order valence-corrected chi connectivity index (χ0v) is 13.1. The van der Waals surface area contributed by atoms with E-state index in [-0.39, 0.29) is 11.4 Å². The number of nitrogens with zero attached hydrogens (tertiary/aromatic N) is 1. The van der Waals surface area contributed by atoms with Crippen molar-refractivity contribution in [1.82, 2.24) is 10.3 Å². The van der Waals surface area contributed by atoms with Gasteiger partial charge in [0, 0.05) is 12.7 Å². The van der Waals surface area contributed by atoms with Gasteiger partial charge in [-0.25, -0.2) is 23.3 Å². The molecule has 2 rings (SSSR count). The van der Waals surface area contributed by atoms with Gasteiger partial charge in [0.05, 0.1) is 12.0 Å². The van der Waals surface area contributed by atoms with E-state index in [0.717, 1.165) is 5.56 Å². The van der Waals surface area contributed by atoms with Gasteiger partial charge in [-0.3, -0.25) is 0 Å². The molecular formula is C14H16N4O4S. The molecule has 0 fully saturated rings. The van der Waals surface area contributed by atoms with E-state index in [0.29, 0.717) is 11.6 Å². The Morgan fingerprint density at radius 1 is 1.26 bits per heavy atom. The minimum absolute atomic E-state index is 0.0193. The summed E-state index contributed by atoms with van der Waals surface area (Å²) in [6.45, 7) is 0.222. The number of hydrogen-bond acceptors (Lipinski definition) is 5. The molecule has 2 amide bonds. The summed E-state index contributed by atoms with van der Waals surface area (Å²) in [5, 5.41) is 10.3. The number of urea groups is 1. The predicted octanol–water partition coefficient (Wildman–Crippen LogP) is 1.06. The summed E-state index contributed by atoms with van der Waals surface area (Å²) < 4.78 is 27.3. The SMILES string of the molecule is COc1ncccc1NC(=O)NCc1ccc(S(N)(=O)=O)cc1. The van der Waals surface area contributed by atoms with E-state index in [1.54, 1.807) is 30.5 Å². The number of pyridine rings is 1. The van der Waals surface area contributed by atoms with Gasteiger partial charge in [-0.15, -0.1) is 0 Å². The third-order valence-electron chi connectivity index (χ3n) is 2.92. The van der Waals surface area contributed by atoms with Gasteiger partial charge >= 0.3 is 6.03 Å². The molecule has 0 saturated carbocycles. The average molecular weight is 336 g/mol. The molecule has 0 aliphatic heterocycles. The van der Waals surface area contributed by atoms with E-state index in [1.807, 2.05) is 0 Å². The topological polar surface area (TPSA) is 123 Å². The lowest BCUT2D eigenvalue weighted by atomic mass is 10.2. The highest BCUT2D eigenvalue weighted by Gasteiger charge is 2.09. The number of anilines is 1. The first-order valence-corrected chi connectivity index (χ1v) is 8.10. The van der Waals surface area contributed by atoms with Crippen molar-refractivity contribution >= 4 is 21.7 Å². The lowest BCUT2D eigenvalue weighted by Crippen LogP contribution is -2.28. The van der Waals surface area contributed by atoms with Crippen molar-refractivity contribution in [3.05, 3.63) is 48.2 Å². The number of benzene rings is 1. The lowest BCUT2D eigenvalue weighted by molar-refractivity contribution is 0.251. The molecule has 0 bridgehead atoms. The Kier molecular flexibility index (Phi) is 5.14. The predicted molar refractivity (Wildman–Crippen MR) is 84.5 cm³/mol. The van der Waals surface area contributed by atoms with Gasteiger partial charge in [-0.1, -0.05) is 12.1 Å². The van der Waals surface area contributed by atoms with Crippen LogP contribution in [-0.2, 0) is 16.6 Å². The van der Waals surface area contributed by atoms with Crippen LogP contribution in [0.15, 0.2) is 47.5 Å². The highest BCUT2D eigenvalue weighted by atomic mass is 32.2. The minimum atomic E-state index is -3.72. The van der Waals surface area contributed by atoms with Crippen LogP contribution < -0.4 is 20.5 Å². The fourth-order valence-electron chi connectivity index (χ4n) is 1.79. The van der Waals surface area contributed by atoms with Crippen LogP contribution in [0.1, 0.15) is 5.56 Å². The summed E-state index contributed by atoms with van der Waals surface area (Å²) in [4.78, 5) is 15.8. The summed E-state index contributed by atoms with van der Waals surface area (Å²) in [5.41, 5.74) is 1.17. The minimum Gasteiger partial charge on any atom is -0.480 e. The van der Waals surface area contributed by atoms with E-state index in [4.69, 9.17) is 9.88 Å². The maximum absolute atomic E-state index is 11.9. The Morgan fingerprint density at radius 3 is 2.57 bits per heavy atom. The highest BCUT2D eigenvalue weighted by molar-refractivity contribution is 7.89. The molecule has 1 aromatic carbocycles. The largest absolute Gasteiger partial charge is 0.480 e. The van der Waals surface area contributed by atoms with Crippen molar-refractivity contribution in [2.75, 3.05) is 12.4 Å². The van der Waals surface area contributed by atoms with Crippen molar-refractivity contribution in [2.24, 2.45) is 5.14 Å². The second kappa shape index (κ2) is 7.07. The van der Waals surface area contributed by atoms with E-state index in [2.05, 4.69) is 15.6 Å². The zero-order chi connectivity index (χ0) is 16.9. The van der Waals surface area contributed by atoms with Crippen LogP contribution in [0.4, 0.5) is 10.5 Å². The van der Waals surface area contributed by atoms with Crippen molar-refractivity contribution in [1.29, 1.82) is 0 Å². The standard InChI is InChI=1S/C14H16N4O4S/c1-22-13-12(3-2-8-16-13)18-14(19)17-9-10-4-6-11(7-5-10)23(15,20)21/h2-8H,9H2,1H3,(H2,15,20,21)(H2,17,18,19). The molecule has 0 radical (unpaired) electrons. The fraction of sp³-hybridized carbons (Fsp3) is 0.143. The summed E-state index contributed by atoms with van der Waals surface area (Å²) in [7, 11) is -2.26. The van der Waals surface area contributed by atoms with Crippen LogP contribution in [0.5, 0.6) is 5.88 Å². The van der Waals surface area contributed by atoms with Crippen LogP contribution in [0.3, 0.4) is 0 Å². The van der Waals surface area contributed by atoms with E-state index in [1.165, 1.54) is 19.2 Å². The fourth-order valence-corrected chi connectivity index (χ4v) is 2.31. The number of primary sulfonamides is 1. The normalized spacial score (nSPS) is 10.9. The Labute approximate surface area is 133 Å². The van der Waals surface area contributed by atoms with Crippen molar-refractivity contribution < 1.29 is 17.9 Å². The smallest absolute Gasteiger partial charge is 0.319 e. The van der Waals surface area contributed by atoms with Gasteiger partial charge < -0.3 is 15.4 Å². The summed E-state index contributed by atoms with van der Waals surface area (Å²) in [5.74, 6) is 0.306. The van der Waals surface area contributed by atoms with Gasteiger partial charge in [0.15, 0.2) is 0 Å². The molecule has 0 atom stereocenters. The van der Waals surface area contributed by atoms with Gasteiger partial charge in [0.1, 0.15) is 5.69 Å². The third kappa shape index (κ3) is 4.66. The first-order chi connectivity index (χ1) is 10.9.